The number of imidazole rings is 1. The Morgan fingerprint density at radius 3 is 2.60 bits per heavy atom. The highest BCUT2D eigenvalue weighted by molar-refractivity contribution is 5.86. The summed E-state index contributed by atoms with van der Waals surface area (Å²) in [5.41, 5.74) is 3.84. The number of aliphatic hydroxyl groups excluding tert-OH is 1. The third-order valence-corrected chi connectivity index (χ3v) is 5.44. The van der Waals surface area contributed by atoms with Crippen LogP contribution in [-0.4, -0.2) is 68.7 Å². The van der Waals surface area contributed by atoms with E-state index in [-0.39, 0.29) is 5.91 Å². The number of nitrogens with zero attached hydrogens (tertiary/aromatic N) is 4. The lowest BCUT2D eigenvalue weighted by Crippen LogP contribution is -2.63. The summed E-state index contributed by atoms with van der Waals surface area (Å²) in [5.74, 6) is 0.102. The van der Waals surface area contributed by atoms with Crippen molar-refractivity contribution in [2.45, 2.75) is 45.9 Å². The van der Waals surface area contributed by atoms with E-state index in [4.69, 9.17) is 0 Å². The molecule has 0 spiro atoms. The van der Waals surface area contributed by atoms with Crippen LogP contribution in [0.1, 0.15) is 25.0 Å². The molecule has 1 aromatic heterocycles. The molecule has 2 aromatic rings. The molecule has 6 nitrogen and oxygen atoms in total. The molecule has 1 atom stereocenters. The van der Waals surface area contributed by atoms with Crippen LogP contribution in [0.25, 0.3) is 11.0 Å². The van der Waals surface area contributed by atoms with Gasteiger partial charge >= 0.3 is 0 Å². The quantitative estimate of drug-likeness (QED) is 0.914. The summed E-state index contributed by atoms with van der Waals surface area (Å²) < 4.78 is 2.00. The van der Waals surface area contributed by atoms with Gasteiger partial charge < -0.3 is 14.6 Å². The fourth-order valence-corrected chi connectivity index (χ4v) is 3.57. The molecule has 1 aliphatic rings. The van der Waals surface area contributed by atoms with Gasteiger partial charge in [0.15, 0.2) is 0 Å². The van der Waals surface area contributed by atoms with Crippen molar-refractivity contribution in [3.63, 3.8) is 0 Å². The second-order valence-corrected chi connectivity index (χ2v) is 7.71. The number of fused-ring (bicyclic) bond motifs is 1. The molecule has 6 heteroatoms. The van der Waals surface area contributed by atoms with Gasteiger partial charge in [0.25, 0.3) is 0 Å². The fourth-order valence-electron chi connectivity index (χ4n) is 3.57. The number of hydrogen-bond donors (Lipinski definition) is 1. The summed E-state index contributed by atoms with van der Waals surface area (Å²) >= 11 is 0. The first-order valence-electron chi connectivity index (χ1n) is 8.81. The SMILES string of the molecule is Cc1cc2ncn(CC(O)CN3CCN(C)C(=O)C3(C)C)c2cc1C. The number of β-amino-alcohol motifs (C(OH)–C–C–N with tert-alkyl or cyclic N) is 1. The molecular formula is C19H28N4O2. The zero-order chi connectivity index (χ0) is 18.4. The summed E-state index contributed by atoms with van der Waals surface area (Å²) in [6, 6.07) is 4.20. The predicted octanol–water partition coefficient (Wildman–Crippen LogP) is 1.57. The number of benzene rings is 1. The maximum absolute atomic E-state index is 12.4. The number of aromatic nitrogens is 2. The van der Waals surface area contributed by atoms with Crippen molar-refractivity contribution >= 4 is 16.9 Å². The third-order valence-electron chi connectivity index (χ3n) is 5.44. The van der Waals surface area contributed by atoms with Crippen molar-refractivity contribution in [1.82, 2.24) is 19.4 Å². The van der Waals surface area contributed by atoms with Crippen LogP contribution in [-0.2, 0) is 11.3 Å². The standard InChI is InChI=1S/C19H28N4O2/c1-13-8-16-17(9-14(13)2)22(12-20-16)10-15(24)11-23-7-6-21(5)18(25)19(23,3)4/h8-9,12,15,24H,6-7,10-11H2,1-5H3. The number of carbonyl (C=O) groups excluding carboxylic acids is 1. The Balaban J connectivity index is 1.74. The molecule has 1 aromatic carbocycles. The predicted molar refractivity (Wildman–Crippen MR) is 98.5 cm³/mol. The Bertz CT molecular complexity index is 796. The summed E-state index contributed by atoms with van der Waals surface area (Å²) in [4.78, 5) is 20.7. The Morgan fingerprint density at radius 1 is 1.20 bits per heavy atom. The molecule has 1 amide bonds. The number of piperazine rings is 1. The van der Waals surface area contributed by atoms with Gasteiger partial charge in [-0.2, -0.15) is 0 Å². The number of likely N-dealkylation sites (N-methyl/N-ethyl adjacent to an activating group) is 1. The maximum atomic E-state index is 12.4. The molecule has 1 saturated heterocycles. The molecule has 0 bridgehead atoms. The van der Waals surface area contributed by atoms with E-state index in [1.807, 2.05) is 25.5 Å². The monoisotopic (exact) mass is 344 g/mol. The van der Waals surface area contributed by atoms with Crippen LogP contribution >= 0.6 is 0 Å². The highest BCUT2D eigenvalue weighted by atomic mass is 16.3. The van der Waals surface area contributed by atoms with Crippen LogP contribution in [0.4, 0.5) is 0 Å². The van der Waals surface area contributed by atoms with E-state index in [2.05, 4.69) is 35.9 Å². The minimum Gasteiger partial charge on any atom is -0.390 e. The van der Waals surface area contributed by atoms with Crippen molar-refractivity contribution in [3.8, 4) is 0 Å². The number of hydrogen-bond acceptors (Lipinski definition) is 4. The van der Waals surface area contributed by atoms with Crippen molar-refractivity contribution < 1.29 is 9.90 Å². The molecule has 1 unspecified atom stereocenters. The van der Waals surface area contributed by atoms with Gasteiger partial charge in [-0.15, -0.1) is 0 Å². The molecule has 0 aliphatic carbocycles. The minimum atomic E-state index is -0.585. The Kier molecular flexibility index (Phi) is 4.60. The van der Waals surface area contributed by atoms with Gasteiger partial charge in [-0.1, -0.05) is 0 Å². The summed E-state index contributed by atoms with van der Waals surface area (Å²) in [6.07, 6.45) is 1.22. The van der Waals surface area contributed by atoms with Crippen molar-refractivity contribution in [1.29, 1.82) is 0 Å². The Labute approximate surface area is 149 Å². The molecule has 136 valence electrons. The molecule has 1 aliphatic heterocycles. The first-order chi connectivity index (χ1) is 11.7. The molecule has 25 heavy (non-hydrogen) atoms. The summed E-state index contributed by atoms with van der Waals surface area (Å²) in [6.45, 7) is 10.4. The van der Waals surface area contributed by atoms with Crippen LogP contribution in [0.3, 0.4) is 0 Å². The molecule has 1 fully saturated rings. The molecule has 2 heterocycles. The topological polar surface area (TPSA) is 61.6 Å². The zero-order valence-electron chi connectivity index (χ0n) is 15.8. The van der Waals surface area contributed by atoms with Crippen LogP contribution in [0.15, 0.2) is 18.5 Å². The second-order valence-electron chi connectivity index (χ2n) is 7.71. The lowest BCUT2D eigenvalue weighted by Gasteiger charge is -2.45. The van der Waals surface area contributed by atoms with Gasteiger partial charge in [0.2, 0.25) is 5.91 Å². The van der Waals surface area contributed by atoms with Crippen molar-refractivity contribution in [3.05, 3.63) is 29.6 Å². The van der Waals surface area contributed by atoms with Gasteiger partial charge in [0, 0.05) is 26.7 Å². The average Bonchev–Trinajstić information content (AvgIpc) is 2.91. The lowest BCUT2D eigenvalue weighted by molar-refractivity contribution is -0.148. The van der Waals surface area contributed by atoms with Crippen molar-refractivity contribution in [2.75, 3.05) is 26.7 Å². The van der Waals surface area contributed by atoms with Crippen LogP contribution in [0.5, 0.6) is 0 Å². The molecule has 0 saturated carbocycles. The van der Waals surface area contributed by atoms with E-state index in [0.717, 1.165) is 17.6 Å². The average molecular weight is 344 g/mol. The fraction of sp³-hybridized carbons (Fsp3) is 0.579. The first-order valence-corrected chi connectivity index (χ1v) is 8.81. The van der Waals surface area contributed by atoms with E-state index in [1.165, 1.54) is 11.1 Å². The van der Waals surface area contributed by atoms with Gasteiger partial charge in [-0.25, -0.2) is 4.98 Å². The van der Waals surface area contributed by atoms with E-state index < -0.39 is 11.6 Å². The van der Waals surface area contributed by atoms with Gasteiger partial charge in [-0.05, 0) is 51.0 Å². The van der Waals surface area contributed by atoms with Crippen LogP contribution in [0.2, 0.25) is 0 Å². The number of rotatable bonds is 4. The van der Waals surface area contributed by atoms with E-state index in [0.29, 0.717) is 19.6 Å². The Hall–Kier alpha value is -1.92. The number of amides is 1. The molecular weight excluding hydrogens is 316 g/mol. The highest BCUT2D eigenvalue weighted by Crippen LogP contribution is 2.23. The third kappa shape index (κ3) is 3.28. The zero-order valence-corrected chi connectivity index (χ0v) is 15.8. The number of carbonyl (C=O) groups is 1. The van der Waals surface area contributed by atoms with E-state index in [1.54, 1.807) is 11.2 Å². The largest absolute Gasteiger partial charge is 0.390 e. The summed E-state index contributed by atoms with van der Waals surface area (Å²) in [5, 5.41) is 10.6. The smallest absolute Gasteiger partial charge is 0.242 e. The van der Waals surface area contributed by atoms with Crippen LogP contribution in [0, 0.1) is 13.8 Å². The highest BCUT2D eigenvalue weighted by Gasteiger charge is 2.40. The van der Waals surface area contributed by atoms with Gasteiger partial charge in [-0.3, -0.25) is 9.69 Å². The maximum Gasteiger partial charge on any atom is 0.242 e. The number of aliphatic hydroxyl groups is 1. The molecule has 0 radical (unpaired) electrons. The normalized spacial score (nSPS) is 19.6. The van der Waals surface area contributed by atoms with Gasteiger partial charge in [0.1, 0.15) is 0 Å². The first kappa shape index (κ1) is 17.9. The Morgan fingerprint density at radius 2 is 1.88 bits per heavy atom. The van der Waals surface area contributed by atoms with E-state index >= 15 is 0 Å². The number of aryl methyl sites for hydroxylation is 2. The second kappa shape index (κ2) is 6.42. The van der Waals surface area contributed by atoms with Crippen LogP contribution < -0.4 is 0 Å². The lowest BCUT2D eigenvalue weighted by atomic mass is 9.97. The minimum absolute atomic E-state index is 0.102. The summed E-state index contributed by atoms with van der Waals surface area (Å²) in [7, 11) is 1.83. The van der Waals surface area contributed by atoms with Crippen molar-refractivity contribution in [2.24, 2.45) is 0 Å². The molecule has 3 rings (SSSR count). The van der Waals surface area contributed by atoms with E-state index in [9.17, 15) is 9.90 Å². The molecule has 1 N–H and O–H groups in total. The van der Waals surface area contributed by atoms with Gasteiger partial charge in [0.05, 0.1) is 35.5 Å².